The Kier molecular flexibility index (Phi) is 16.3. The number of aliphatic hydroxyl groups is 1. The minimum absolute atomic E-state index is 0.0320. The monoisotopic (exact) mass is 693 g/mol. The lowest BCUT2D eigenvalue weighted by molar-refractivity contribution is -0.137. The maximum atomic E-state index is 13.8. The Labute approximate surface area is 295 Å². The van der Waals surface area contributed by atoms with Crippen LogP contribution < -0.4 is 21.3 Å². The summed E-state index contributed by atoms with van der Waals surface area (Å²) in [5.41, 5.74) is 1.71. The number of hydrogen-bond donors (Lipinski definition) is 6. The van der Waals surface area contributed by atoms with E-state index in [9.17, 15) is 29.1 Å². The molecule has 1 aliphatic rings. The normalized spacial score (nSPS) is 16.3. The van der Waals surface area contributed by atoms with E-state index in [1.807, 2.05) is 70.2 Å². The van der Waals surface area contributed by atoms with Gasteiger partial charge >= 0.3 is 5.97 Å². The Bertz CT molecular complexity index is 1390. The summed E-state index contributed by atoms with van der Waals surface area (Å²) in [7, 11) is 0. The predicted molar refractivity (Wildman–Crippen MR) is 189 cm³/mol. The van der Waals surface area contributed by atoms with Crippen molar-refractivity contribution in [2.75, 3.05) is 0 Å². The third kappa shape index (κ3) is 14.3. The van der Waals surface area contributed by atoms with Gasteiger partial charge in [0.25, 0.3) is 0 Å². The maximum Gasteiger partial charge on any atom is 0.303 e. The van der Waals surface area contributed by atoms with Crippen molar-refractivity contribution in [2.24, 2.45) is 17.8 Å². The Morgan fingerprint density at radius 1 is 0.860 bits per heavy atom. The van der Waals surface area contributed by atoms with Gasteiger partial charge in [0.15, 0.2) is 0 Å². The molecule has 3 rings (SSSR count). The number of carbonyl (C=O) groups excluding carboxylic acids is 4. The number of carbonyl (C=O) groups is 5. The molecule has 1 aromatic heterocycles. The van der Waals surface area contributed by atoms with Crippen molar-refractivity contribution in [3.8, 4) is 0 Å². The molecule has 12 heteroatoms. The lowest BCUT2D eigenvalue weighted by atomic mass is 9.95. The molecule has 1 heterocycles. The number of benzene rings is 1. The molecule has 1 aromatic carbocycles. The van der Waals surface area contributed by atoms with E-state index in [0.717, 1.165) is 18.4 Å². The van der Waals surface area contributed by atoms with Gasteiger partial charge in [0.1, 0.15) is 12.1 Å². The van der Waals surface area contributed by atoms with Crippen LogP contribution in [0.5, 0.6) is 0 Å². The summed E-state index contributed by atoms with van der Waals surface area (Å²) in [6.07, 6.45) is 3.97. The van der Waals surface area contributed by atoms with E-state index in [0.29, 0.717) is 31.4 Å². The highest BCUT2D eigenvalue weighted by Gasteiger charge is 2.35. The first-order chi connectivity index (χ1) is 23.9. The Morgan fingerprint density at radius 2 is 1.56 bits per heavy atom. The van der Waals surface area contributed by atoms with Crippen LogP contribution in [0, 0.1) is 17.8 Å². The Hall–Kier alpha value is -4.32. The second-order valence-corrected chi connectivity index (χ2v) is 14.0. The van der Waals surface area contributed by atoms with E-state index in [-0.39, 0.29) is 49.3 Å². The first-order valence-electron chi connectivity index (χ1n) is 17.9. The number of pyridine rings is 1. The van der Waals surface area contributed by atoms with E-state index < -0.39 is 54.0 Å². The Balaban J connectivity index is 1.69. The van der Waals surface area contributed by atoms with Gasteiger partial charge < -0.3 is 31.5 Å². The van der Waals surface area contributed by atoms with Gasteiger partial charge in [0.2, 0.25) is 23.6 Å². The number of hydrogen-bond acceptors (Lipinski definition) is 7. The summed E-state index contributed by atoms with van der Waals surface area (Å²) in [6.45, 7) is 7.64. The summed E-state index contributed by atoms with van der Waals surface area (Å²) in [5, 5.41) is 31.8. The van der Waals surface area contributed by atoms with Gasteiger partial charge in [-0.2, -0.15) is 0 Å². The molecule has 274 valence electrons. The Morgan fingerprint density at radius 3 is 2.16 bits per heavy atom. The number of aliphatic carboxylic acids is 1. The van der Waals surface area contributed by atoms with Crippen LogP contribution >= 0.6 is 0 Å². The highest BCUT2D eigenvalue weighted by Crippen LogP contribution is 2.33. The SMILES string of the molecule is CC[C@H](C)[C@H](NC(=O)CCCC(=O)O)C(=O)N[C@@H](CC1CC1)C(=O)N[C@@H](CC(C)C)[C@@H](O)CC(=O)NC(Cc1ccccc1)c1ccccn1. The third-order valence-corrected chi connectivity index (χ3v) is 9.08. The summed E-state index contributed by atoms with van der Waals surface area (Å²) >= 11 is 0. The average Bonchev–Trinajstić information content (AvgIpc) is 3.90. The van der Waals surface area contributed by atoms with Gasteiger partial charge in [-0.1, -0.05) is 83.4 Å². The summed E-state index contributed by atoms with van der Waals surface area (Å²) in [5.74, 6) is -2.65. The van der Waals surface area contributed by atoms with Crippen LogP contribution in [0.3, 0.4) is 0 Å². The minimum Gasteiger partial charge on any atom is -0.481 e. The number of amides is 4. The van der Waals surface area contributed by atoms with Crippen molar-refractivity contribution in [2.45, 2.75) is 122 Å². The average molecular weight is 694 g/mol. The highest BCUT2D eigenvalue weighted by molar-refractivity contribution is 5.92. The zero-order valence-electron chi connectivity index (χ0n) is 29.8. The van der Waals surface area contributed by atoms with Gasteiger partial charge in [0, 0.05) is 19.0 Å². The summed E-state index contributed by atoms with van der Waals surface area (Å²) in [6, 6.07) is 12.3. The van der Waals surface area contributed by atoms with Crippen LogP contribution in [0.1, 0.15) is 103 Å². The third-order valence-electron chi connectivity index (χ3n) is 9.08. The highest BCUT2D eigenvalue weighted by atomic mass is 16.4. The summed E-state index contributed by atoms with van der Waals surface area (Å²) < 4.78 is 0. The van der Waals surface area contributed by atoms with Gasteiger partial charge in [-0.3, -0.25) is 29.0 Å². The van der Waals surface area contributed by atoms with E-state index in [2.05, 4.69) is 26.3 Å². The lowest BCUT2D eigenvalue weighted by Gasteiger charge is -2.30. The predicted octanol–water partition coefficient (Wildman–Crippen LogP) is 3.83. The molecular weight excluding hydrogens is 638 g/mol. The van der Waals surface area contributed by atoms with Crippen LogP contribution in [-0.2, 0) is 30.4 Å². The number of nitrogens with zero attached hydrogens (tertiary/aromatic N) is 1. The molecule has 1 aliphatic carbocycles. The molecule has 0 radical (unpaired) electrons. The largest absolute Gasteiger partial charge is 0.481 e. The van der Waals surface area contributed by atoms with Gasteiger partial charge in [-0.05, 0) is 61.1 Å². The molecule has 6 atom stereocenters. The van der Waals surface area contributed by atoms with Crippen molar-refractivity contribution < 1.29 is 34.2 Å². The molecular formula is C38H55N5O7. The topological polar surface area (TPSA) is 187 Å². The number of carboxylic acids is 1. The lowest BCUT2D eigenvalue weighted by Crippen LogP contribution is -2.57. The number of aromatic nitrogens is 1. The van der Waals surface area contributed by atoms with Crippen molar-refractivity contribution >= 4 is 29.6 Å². The van der Waals surface area contributed by atoms with Crippen LogP contribution in [-0.4, -0.2) is 69.0 Å². The minimum atomic E-state index is -1.20. The fourth-order valence-electron chi connectivity index (χ4n) is 5.88. The molecule has 1 unspecified atom stereocenters. The van der Waals surface area contributed by atoms with Gasteiger partial charge in [-0.15, -0.1) is 0 Å². The molecule has 0 aliphatic heterocycles. The van der Waals surface area contributed by atoms with Crippen LogP contribution in [0.2, 0.25) is 0 Å². The summed E-state index contributed by atoms with van der Waals surface area (Å²) in [4.78, 5) is 68.6. The first kappa shape index (κ1) is 40.1. The van der Waals surface area contributed by atoms with E-state index in [1.54, 1.807) is 12.3 Å². The standard InChI is InChI=1S/C38H55N5O7/c1-5-25(4)36(43-33(45)15-11-16-35(47)48)38(50)42-31(22-27-17-18-27)37(49)41-30(20-24(2)3)32(44)23-34(46)40-29(28-14-9-10-19-39-28)21-26-12-7-6-8-13-26/h6-10,12-14,19,24-25,27,29-32,36,44H,5,11,15-18,20-23H2,1-4H3,(H,40,46)(H,41,49)(H,42,50)(H,43,45)(H,47,48)/t25-,29?,30-,31-,32-,36-/m0/s1. The zero-order chi connectivity index (χ0) is 36.6. The smallest absolute Gasteiger partial charge is 0.303 e. The number of rotatable bonds is 22. The molecule has 1 saturated carbocycles. The molecule has 0 bridgehead atoms. The van der Waals surface area contributed by atoms with E-state index in [1.165, 1.54) is 0 Å². The van der Waals surface area contributed by atoms with Crippen molar-refractivity contribution in [1.82, 2.24) is 26.3 Å². The van der Waals surface area contributed by atoms with E-state index in [4.69, 9.17) is 5.11 Å². The van der Waals surface area contributed by atoms with Crippen molar-refractivity contribution in [3.63, 3.8) is 0 Å². The second kappa shape index (κ2) is 20.4. The number of aliphatic hydroxyl groups excluding tert-OH is 1. The number of carboxylic acid groups (broad SMARTS) is 1. The fraction of sp³-hybridized carbons (Fsp3) is 0.579. The molecule has 6 N–H and O–H groups in total. The van der Waals surface area contributed by atoms with Crippen molar-refractivity contribution in [3.05, 3.63) is 66.0 Å². The van der Waals surface area contributed by atoms with Crippen LogP contribution in [0.4, 0.5) is 0 Å². The molecule has 12 nitrogen and oxygen atoms in total. The van der Waals surface area contributed by atoms with Gasteiger partial charge in [-0.25, -0.2) is 0 Å². The molecule has 4 amide bonds. The fourth-order valence-corrected chi connectivity index (χ4v) is 5.88. The second-order valence-electron chi connectivity index (χ2n) is 14.0. The number of nitrogens with one attached hydrogen (secondary N) is 4. The van der Waals surface area contributed by atoms with Crippen molar-refractivity contribution in [1.29, 1.82) is 0 Å². The molecule has 50 heavy (non-hydrogen) atoms. The quantitative estimate of drug-likeness (QED) is 0.107. The zero-order valence-corrected chi connectivity index (χ0v) is 29.8. The van der Waals surface area contributed by atoms with Crippen LogP contribution in [0.25, 0.3) is 0 Å². The molecule has 1 fully saturated rings. The molecule has 0 saturated heterocycles. The molecule has 2 aromatic rings. The van der Waals surface area contributed by atoms with Gasteiger partial charge in [0.05, 0.1) is 30.3 Å². The molecule has 0 spiro atoms. The van der Waals surface area contributed by atoms with E-state index >= 15 is 0 Å². The first-order valence-corrected chi connectivity index (χ1v) is 17.9. The van der Waals surface area contributed by atoms with Crippen LogP contribution in [0.15, 0.2) is 54.7 Å². The maximum absolute atomic E-state index is 13.8.